The van der Waals surface area contributed by atoms with Crippen LogP contribution in [-0.4, -0.2) is 24.1 Å². The molecule has 1 aliphatic rings. The second-order valence-corrected chi connectivity index (χ2v) is 5.71. The Labute approximate surface area is 106 Å². The number of hydrogen-bond acceptors (Lipinski definition) is 3. The summed E-state index contributed by atoms with van der Waals surface area (Å²) >= 11 is 0. The third kappa shape index (κ3) is 3.63. The number of aliphatic imine (C=N–C) groups is 1. The Morgan fingerprint density at radius 1 is 1.44 bits per heavy atom. The van der Waals surface area contributed by atoms with Crippen molar-refractivity contribution in [3.05, 3.63) is 22.5 Å². The van der Waals surface area contributed by atoms with Crippen molar-refractivity contribution in [2.45, 2.75) is 20.3 Å². The molecule has 1 unspecified atom stereocenters. The van der Waals surface area contributed by atoms with Crippen LogP contribution in [0.4, 0.5) is 13.2 Å². The highest BCUT2D eigenvalue weighted by Gasteiger charge is 2.20. The van der Waals surface area contributed by atoms with E-state index in [1.54, 1.807) is 12.5 Å². The van der Waals surface area contributed by atoms with Crippen LogP contribution in [0.5, 0.6) is 0 Å². The summed E-state index contributed by atoms with van der Waals surface area (Å²) in [5, 5.41) is 3.81. The normalized spacial score (nSPS) is 21.4. The minimum Gasteiger partial charge on any atom is -0.399 e. The van der Waals surface area contributed by atoms with Gasteiger partial charge in [-0.25, -0.2) is 4.39 Å². The molecule has 1 heterocycles. The summed E-state index contributed by atoms with van der Waals surface area (Å²) in [7, 11) is 0.542. The van der Waals surface area contributed by atoms with Crippen molar-refractivity contribution >= 4 is 22.2 Å². The topological polar surface area (TPSA) is 34.0 Å². The molecule has 0 amide bonds. The minimum absolute atomic E-state index is 0.281. The van der Waals surface area contributed by atoms with Gasteiger partial charge in [0.1, 0.15) is 7.11 Å². The molecule has 0 aromatic carbocycles. The number of rotatable bonds is 5. The van der Waals surface area contributed by atoms with Crippen LogP contribution in [0.25, 0.3) is 0 Å². The zero-order valence-electron chi connectivity index (χ0n) is 10.4. The van der Waals surface area contributed by atoms with Crippen molar-refractivity contribution in [1.82, 2.24) is 0 Å². The number of halogens is 3. The summed E-state index contributed by atoms with van der Waals surface area (Å²) in [6.07, 6.45) is -2.53. The maximum atomic E-state index is 12.8. The van der Waals surface area contributed by atoms with Crippen LogP contribution in [0.3, 0.4) is 0 Å². The number of nitrogens with zero attached hydrogens (tertiary/aromatic N) is 2. The van der Waals surface area contributed by atoms with Crippen LogP contribution in [0, 0.1) is 0 Å². The average molecular weight is 280 g/mol. The summed E-state index contributed by atoms with van der Waals surface area (Å²) < 4.78 is 36.7. The van der Waals surface area contributed by atoms with Gasteiger partial charge in [0.25, 0.3) is 0 Å². The van der Waals surface area contributed by atoms with Crippen molar-refractivity contribution in [2.24, 2.45) is 10.1 Å². The Balaban J connectivity index is 2.76. The Morgan fingerprint density at radius 2 is 2.11 bits per heavy atom. The molecule has 0 fully saturated rings. The molecule has 0 spiro atoms. The number of allylic oxidation sites excluding steroid dienone is 3. The molecule has 18 heavy (non-hydrogen) atoms. The van der Waals surface area contributed by atoms with Crippen molar-refractivity contribution < 1.29 is 18.0 Å². The summed E-state index contributed by atoms with van der Waals surface area (Å²) in [5.74, 6) is -1.05. The molecule has 102 valence electrons. The molecule has 3 nitrogen and oxygen atoms in total. The summed E-state index contributed by atoms with van der Waals surface area (Å²) in [4.78, 5) is 9.70. The lowest BCUT2D eigenvalue weighted by molar-refractivity contribution is 0.213. The quantitative estimate of drug-likeness (QED) is 0.464. The van der Waals surface area contributed by atoms with Crippen molar-refractivity contribution in [3.8, 4) is 0 Å². The molecular formula is C11H15F3N2OS. The van der Waals surface area contributed by atoms with E-state index in [0.717, 1.165) is 10.6 Å². The van der Waals surface area contributed by atoms with E-state index in [4.69, 9.17) is 0 Å². The van der Waals surface area contributed by atoms with Gasteiger partial charge in [0.15, 0.2) is 5.83 Å². The van der Waals surface area contributed by atoms with Gasteiger partial charge in [0.05, 0.1) is 11.4 Å². The second kappa shape index (κ2) is 6.63. The van der Waals surface area contributed by atoms with E-state index in [9.17, 15) is 13.2 Å². The third-order valence-corrected chi connectivity index (χ3v) is 4.69. The fraction of sp³-hybridized carbons (Fsp3) is 0.455. The molecule has 0 aromatic heterocycles. The fourth-order valence-electron chi connectivity index (χ4n) is 1.62. The monoisotopic (exact) mass is 280 g/mol. The van der Waals surface area contributed by atoms with Crippen LogP contribution in [0.15, 0.2) is 32.7 Å². The number of thiol groups is 1. The van der Waals surface area contributed by atoms with E-state index in [0.29, 0.717) is 11.5 Å². The van der Waals surface area contributed by atoms with E-state index >= 15 is 0 Å². The fourth-order valence-corrected chi connectivity index (χ4v) is 3.75. The highest BCUT2D eigenvalue weighted by atomic mass is 32.2. The molecule has 7 heteroatoms. The Kier molecular flexibility index (Phi) is 5.46. The zero-order valence-corrected chi connectivity index (χ0v) is 11.3. The molecule has 0 saturated heterocycles. The highest BCUT2D eigenvalue weighted by Crippen LogP contribution is 2.42. The standard InChI is InChI=1S/C11H15F3N2OS/c1-7-10(8(2)16-17-3)18(6-15-7)5-4-9(12)11(13)14/h6,18H,4-5H2,1-3H3/b16-8+. The molecule has 0 radical (unpaired) electrons. The van der Waals surface area contributed by atoms with Gasteiger partial charge < -0.3 is 4.84 Å². The first kappa shape index (κ1) is 14.8. The average Bonchev–Trinajstić information content (AvgIpc) is 2.67. The molecule has 0 saturated carbocycles. The van der Waals surface area contributed by atoms with E-state index in [2.05, 4.69) is 15.0 Å². The first-order valence-electron chi connectivity index (χ1n) is 5.26. The lowest BCUT2D eigenvalue weighted by atomic mass is 10.3. The summed E-state index contributed by atoms with van der Waals surface area (Å²) in [6, 6.07) is 0. The van der Waals surface area contributed by atoms with Crippen LogP contribution in [-0.2, 0) is 4.84 Å². The van der Waals surface area contributed by atoms with Gasteiger partial charge in [-0.2, -0.15) is 19.7 Å². The molecule has 1 atom stereocenters. The number of oxime groups is 1. The Bertz CT molecular complexity index is 440. The first-order chi connectivity index (χ1) is 8.47. The second-order valence-electron chi connectivity index (χ2n) is 3.65. The van der Waals surface area contributed by atoms with Gasteiger partial charge in [-0.05, 0) is 19.6 Å². The van der Waals surface area contributed by atoms with E-state index in [1.165, 1.54) is 7.11 Å². The van der Waals surface area contributed by atoms with E-state index < -0.39 is 22.8 Å². The molecule has 0 bridgehead atoms. The molecule has 1 aliphatic heterocycles. The highest BCUT2D eigenvalue weighted by molar-refractivity contribution is 8.32. The van der Waals surface area contributed by atoms with Gasteiger partial charge >= 0.3 is 6.08 Å². The van der Waals surface area contributed by atoms with Crippen molar-refractivity contribution in [1.29, 1.82) is 0 Å². The summed E-state index contributed by atoms with van der Waals surface area (Å²) in [5.41, 5.74) is 3.13. The van der Waals surface area contributed by atoms with Gasteiger partial charge in [-0.3, -0.25) is 4.99 Å². The van der Waals surface area contributed by atoms with Gasteiger partial charge in [-0.15, -0.1) is 0 Å². The lowest BCUT2D eigenvalue weighted by Gasteiger charge is -2.16. The number of hydrogen-bond donors (Lipinski definition) is 1. The van der Waals surface area contributed by atoms with Crippen LogP contribution >= 0.6 is 10.9 Å². The Morgan fingerprint density at radius 3 is 2.67 bits per heavy atom. The third-order valence-electron chi connectivity index (χ3n) is 2.37. The van der Waals surface area contributed by atoms with Gasteiger partial charge in [0.2, 0.25) is 0 Å². The predicted octanol–water partition coefficient (Wildman–Crippen LogP) is 3.75. The van der Waals surface area contributed by atoms with Crippen LogP contribution < -0.4 is 0 Å². The molecule has 0 N–H and O–H groups in total. The minimum atomic E-state index is -2.24. The molecule has 1 rings (SSSR count). The SMILES string of the molecule is CO/N=C(\C)C1=C(C)N=C[SH]1CCC(F)=C(F)F. The molecule has 0 aromatic rings. The zero-order chi connectivity index (χ0) is 13.7. The first-order valence-corrected chi connectivity index (χ1v) is 6.86. The lowest BCUT2D eigenvalue weighted by Crippen LogP contribution is -2.02. The predicted molar refractivity (Wildman–Crippen MR) is 70.1 cm³/mol. The van der Waals surface area contributed by atoms with Crippen molar-refractivity contribution in [3.63, 3.8) is 0 Å². The van der Waals surface area contributed by atoms with Crippen molar-refractivity contribution in [2.75, 3.05) is 12.9 Å². The van der Waals surface area contributed by atoms with Gasteiger partial charge in [-0.1, -0.05) is 5.16 Å². The largest absolute Gasteiger partial charge is 0.399 e. The molecular weight excluding hydrogens is 265 g/mol. The maximum Gasteiger partial charge on any atom is 0.301 e. The van der Waals surface area contributed by atoms with E-state index in [-0.39, 0.29) is 6.42 Å². The maximum absolute atomic E-state index is 12.8. The molecule has 0 aliphatic carbocycles. The van der Waals surface area contributed by atoms with Crippen LogP contribution in [0.1, 0.15) is 20.3 Å². The Hall–Kier alpha value is -1.24. The van der Waals surface area contributed by atoms with Crippen LogP contribution in [0.2, 0.25) is 0 Å². The van der Waals surface area contributed by atoms with E-state index in [1.807, 2.05) is 6.92 Å². The van der Waals surface area contributed by atoms with Gasteiger partial charge in [0, 0.05) is 16.9 Å². The summed E-state index contributed by atoms with van der Waals surface area (Å²) in [6.45, 7) is 3.57. The smallest absolute Gasteiger partial charge is 0.301 e.